The third-order valence-electron chi connectivity index (χ3n) is 4.39. The molecule has 1 aliphatic carbocycles. The number of carboxylic acids is 1. The largest absolute Gasteiger partial charge is 0.489 e. The van der Waals surface area contributed by atoms with Crippen LogP contribution in [0.25, 0.3) is 11.4 Å². The smallest absolute Gasteiger partial charge is 0.306 e. The summed E-state index contributed by atoms with van der Waals surface area (Å²) in [4.78, 5) is 15.5. The van der Waals surface area contributed by atoms with Crippen molar-refractivity contribution < 1.29 is 14.6 Å². The fourth-order valence-electron chi connectivity index (χ4n) is 3.06. The first-order valence-corrected chi connectivity index (χ1v) is 8.03. The predicted octanol–water partition coefficient (Wildman–Crippen LogP) is 1.36. The van der Waals surface area contributed by atoms with Crippen molar-refractivity contribution in [2.45, 2.75) is 38.3 Å². The molecule has 2 heterocycles. The molecule has 3 N–H and O–H groups in total. The average molecular weight is 331 g/mol. The highest BCUT2D eigenvalue weighted by atomic mass is 16.5. The van der Waals surface area contributed by atoms with Gasteiger partial charge in [-0.3, -0.25) is 14.5 Å². The van der Waals surface area contributed by atoms with Gasteiger partial charge in [-0.1, -0.05) is 5.21 Å². The van der Waals surface area contributed by atoms with E-state index in [1.807, 2.05) is 12.1 Å². The summed E-state index contributed by atoms with van der Waals surface area (Å²) in [5.41, 5.74) is 7.88. The Morgan fingerprint density at radius 2 is 2.29 bits per heavy atom. The highest BCUT2D eigenvalue weighted by Crippen LogP contribution is 2.28. The normalized spacial score (nSPS) is 20.8. The van der Waals surface area contributed by atoms with Crippen molar-refractivity contribution >= 4 is 5.97 Å². The maximum atomic E-state index is 11.1. The van der Waals surface area contributed by atoms with Crippen LogP contribution in [0.4, 0.5) is 0 Å². The minimum atomic E-state index is -0.742. The van der Waals surface area contributed by atoms with Crippen LogP contribution in [-0.2, 0) is 18.4 Å². The molecule has 0 bridgehead atoms. The van der Waals surface area contributed by atoms with Crippen LogP contribution in [0.2, 0.25) is 0 Å². The first kappa shape index (κ1) is 16.4. The second-order valence-electron chi connectivity index (χ2n) is 6.03. The number of hydrogen-bond acceptors (Lipinski definition) is 6. The lowest BCUT2D eigenvalue weighted by atomic mass is 9.87. The lowest BCUT2D eigenvalue weighted by Crippen LogP contribution is -2.29. The van der Waals surface area contributed by atoms with E-state index in [1.165, 1.54) is 0 Å². The van der Waals surface area contributed by atoms with Crippen molar-refractivity contribution in [3.8, 4) is 17.1 Å². The van der Waals surface area contributed by atoms with Crippen LogP contribution in [0.3, 0.4) is 0 Å². The molecule has 0 radical (unpaired) electrons. The molecule has 128 valence electrons. The van der Waals surface area contributed by atoms with Crippen LogP contribution in [0.5, 0.6) is 5.75 Å². The average Bonchev–Trinajstić information content (AvgIpc) is 2.96. The number of hydrogen-bond donors (Lipinski definition) is 2. The van der Waals surface area contributed by atoms with E-state index in [9.17, 15) is 4.79 Å². The molecular weight excluding hydrogens is 310 g/mol. The molecule has 0 aromatic carbocycles. The van der Waals surface area contributed by atoms with Crippen molar-refractivity contribution in [2.24, 2.45) is 18.7 Å². The maximum Gasteiger partial charge on any atom is 0.306 e. The molecule has 24 heavy (non-hydrogen) atoms. The number of ether oxygens (including phenoxy) is 1. The van der Waals surface area contributed by atoms with Crippen LogP contribution >= 0.6 is 0 Å². The van der Waals surface area contributed by atoms with Crippen molar-refractivity contribution in [1.29, 1.82) is 0 Å². The van der Waals surface area contributed by atoms with Gasteiger partial charge in [-0.05, 0) is 37.8 Å². The van der Waals surface area contributed by atoms with Gasteiger partial charge in [0.05, 0.1) is 29.6 Å². The Morgan fingerprint density at radius 1 is 1.46 bits per heavy atom. The summed E-state index contributed by atoms with van der Waals surface area (Å²) in [5, 5.41) is 17.2. The summed E-state index contributed by atoms with van der Waals surface area (Å²) in [7, 11) is 1.79. The molecule has 2 aromatic heterocycles. The zero-order valence-electron chi connectivity index (χ0n) is 13.6. The number of nitrogens with zero attached hydrogens (tertiary/aromatic N) is 4. The van der Waals surface area contributed by atoms with Crippen molar-refractivity contribution in [2.75, 3.05) is 0 Å². The van der Waals surface area contributed by atoms with Crippen molar-refractivity contribution in [3.63, 3.8) is 0 Å². The number of pyridine rings is 1. The fourth-order valence-corrected chi connectivity index (χ4v) is 3.06. The van der Waals surface area contributed by atoms with E-state index < -0.39 is 5.97 Å². The Balaban J connectivity index is 1.69. The third-order valence-corrected chi connectivity index (χ3v) is 4.39. The van der Waals surface area contributed by atoms with Gasteiger partial charge in [0.15, 0.2) is 0 Å². The Kier molecular flexibility index (Phi) is 4.75. The molecule has 3 rings (SSSR count). The second kappa shape index (κ2) is 6.96. The number of aryl methyl sites for hydroxylation is 1. The molecular formula is C16H21N5O3. The Labute approximate surface area is 139 Å². The van der Waals surface area contributed by atoms with Gasteiger partial charge < -0.3 is 15.6 Å². The minimum absolute atomic E-state index is 0.0800. The quantitative estimate of drug-likeness (QED) is 0.849. The van der Waals surface area contributed by atoms with E-state index in [4.69, 9.17) is 15.6 Å². The monoisotopic (exact) mass is 331 g/mol. The molecule has 0 saturated heterocycles. The van der Waals surface area contributed by atoms with E-state index in [2.05, 4.69) is 15.3 Å². The van der Waals surface area contributed by atoms with E-state index in [0.29, 0.717) is 30.1 Å². The Bertz CT molecular complexity index is 713. The lowest BCUT2D eigenvalue weighted by Gasteiger charge is -2.27. The Hall–Kier alpha value is -2.48. The molecule has 8 nitrogen and oxygen atoms in total. The van der Waals surface area contributed by atoms with Gasteiger partial charge in [0.1, 0.15) is 11.4 Å². The van der Waals surface area contributed by atoms with Gasteiger partial charge in [0.2, 0.25) is 0 Å². The summed E-state index contributed by atoms with van der Waals surface area (Å²) >= 11 is 0. The summed E-state index contributed by atoms with van der Waals surface area (Å²) in [5.74, 6) is -0.426. The van der Waals surface area contributed by atoms with Gasteiger partial charge in [0, 0.05) is 13.6 Å². The summed E-state index contributed by atoms with van der Waals surface area (Å²) in [6.45, 7) is 0.331. The third kappa shape index (κ3) is 3.38. The molecule has 2 aromatic rings. The van der Waals surface area contributed by atoms with E-state index in [0.717, 1.165) is 25.0 Å². The molecule has 0 aliphatic heterocycles. The zero-order valence-corrected chi connectivity index (χ0v) is 13.6. The van der Waals surface area contributed by atoms with Crippen LogP contribution in [0, 0.1) is 5.92 Å². The van der Waals surface area contributed by atoms with Gasteiger partial charge in [-0.2, -0.15) is 0 Å². The molecule has 1 fully saturated rings. The molecule has 8 heteroatoms. The number of aromatic nitrogens is 4. The van der Waals surface area contributed by atoms with Crippen molar-refractivity contribution in [3.05, 3.63) is 24.0 Å². The molecule has 0 spiro atoms. The van der Waals surface area contributed by atoms with Crippen LogP contribution in [-0.4, -0.2) is 37.2 Å². The fraction of sp³-hybridized carbons (Fsp3) is 0.500. The number of nitrogens with two attached hydrogens (primary N) is 1. The summed E-state index contributed by atoms with van der Waals surface area (Å²) in [6, 6.07) is 3.64. The van der Waals surface area contributed by atoms with Gasteiger partial charge in [0.25, 0.3) is 0 Å². The predicted molar refractivity (Wildman–Crippen MR) is 86.1 cm³/mol. The SMILES string of the molecule is Cn1nnc(-c2ccc(OC3CCCC(C(=O)O)C3)cn2)c1CN. The molecule has 1 saturated carbocycles. The number of aliphatic carboxylic acids is 1. The molecule has 2 unspecified atom stereocenters. The maximum absolute atomic E-state index is 11.1. The summed E-state index contributed by atoms with van der Waals surface area (Å²) in [6.07, 6.45) is 4.55. The lowest BCUT2D eigenvalue weighted by molar-refractivity contribution is -0.143. The number of carbonyl (C=O) groups is 1. The first-order chi connectivity index (χ1) is 11.6. The topological polar surface area (TPSA) is 116 Å². The Morgan fingerprint density at radius 3 is 2.96 bits per heavy atom. The van der Waals surface area contributed by atoms with Gasteiger partial charge >= 0.3 is 5.97 Å². The zero-order chi connectivity index (χ0) is 17.1. The molecule has 2 atom stereocenters. The van der Waals surface area contributed by atoms with Crippen LogP contribution < -0.4 is 10.5 Å². The second-order valence-corrected chi connectivity index (χ2v) is 6.03. The van der Waals surface area contributed by atoms with Crippen molar-refractivity contribution in [1.82, 2.24) is 20.0 Å². The first-order valence-electron chi connectivity index (χ1n) is 8.03. The van der Waals surface area contributed by atoms with E-state index in [-0.39, 0.29) is 12.0 Å². The summed E-state index contributed by atoms with van der Waals surface area (Å²) < 4.78 is 7.53. The molecule has 1 aliphatic rings. The highest BCUT2D eigenvalue weighted by molar-refractivity contribution is 5.70. The number of rotatable bonds is 5. The van der Waals surface area contributed by atoms with E-state index >= 15 is 0 Å². The molecule has 0 amide bonds. The van der Waals surface area contributed by atoms with Gasteiger partial charge in [-0.25, -0.2) is 0 Å². The standard InChI is InChI=1S/C16H21N5O3/c1-21-14(8-17)15(19-20-21)13-6-5-12(9-18-13)24-11-4-2-3-10(7-11)16(22)23/h5-6,9-11H,2-4,7-8,17H2,1H3,(H,22,23). The van der Waals surface area contributed by atoms with Gasteiger partial charge in [-0.15, -0.1) is 5.10 Å². The van der Waals surface area contributed by atoms with E-state index in [1.54, 1.807) is 17.9 Å². The van der Waals surface area contributed by atoms with Crippen LogP contribution in [0.15, 0.2) is 18.3 Å². The van der Waals surface area contributed by atoms with Crippen LogP contribution in [0.1, 0.15) is 31.4 Å². The minimum Gasteiger partial charge on any atom is -0.489 e. The highest BCUT2D eigenvalue weighted by Gasteiger charge is 2.28. The number of carboxylic acid groups (broad SMARTS) is 1.